The quantitative estimate of drug-likeness (QED) is 0.599. The van der Waals surface area contributed by atoms with Crippen LogP contribution in [0.1, 0.15) is 18.1 Å². The van der Waals surface area contributed by atoms with Gasteiger partial charge in [-0.3, -0.25) is 10.1 Å². The highest BCUT2D eigenvalue weighted by Gasteiger charge is 2.17. The van der Waals surface area contributed by atoms with E-state index < -0.39 is 4.92 Å². The van der Waals surface area contributed by atoms with Crippen LogP contribution in [0.15, 0.2) is 40.9 Å². The fraction of sp³-hybridized carbons (Fsp3) is 0.133. The number of hydrogen-bond donors (Lipinski definition) is 0. The van der Waals surface area contributed by atoms with E-state index in [1.807, 2.05) is 13.0 Å². The molecule has 0 bridgehead atoms. The average Bonchev–Trinajstić information content (AvgIpc) is 2.47. The number of benzene rings is 2. The van der Waals surface area contributed by atoms with Crippen molar-refractivity contribution in [3.63, 3.8) is 0 Å². The topological polar surface area (TPSA) is 76.2 Å². The maximum atomic E-state index is 11.2. The first-order chi connectivity index (χ1) is 10.0. The summed E-state index contributed by atoms with van der Waals surface area (Å²) in [4.78, 5) is 10.7. The smallest absolute Gasteiger partial charge is 0.311 e. The molecule has 0 aliphatic heterocycles. The Labute approximate surface area is 130 Å². The van der Waals surface area contributed by atoms with E-state index in [2.05, 4.69) is 15.9 Å². The van der Waals surface area contributed by atoms with Crippen molar-refractivity contribution in [2.24, 2.45) is 0 Å². The lowest BCUT2D eigenvalue weighted by Gasteiger charge is -2.09. The van der Waals surface area contributed by atoms with Gasteiger partial charge in [0.25, 0.3) is 0 Å². The Morgan fingerprint density at radius 1 is 1.29 bits per heavy atom. The number of nitriles is 1. The summed E-state index contributed by atoms with van der Waals surface area (Å²) in [5.74, 6) is 0.394. The van der Waals surface area contributed by atoms with Gasteiger partial charge in [-0.25, -0.2) is 0 Å². The molecule has 0 radical (unpaired) electrons. The van der Waals surface area contributed by atoms with Crippen molar-refractivity contribution in [3.8, 4) is 17.6 Å². The fourth-order valence-electron chi connectivity index (χ4n) is 1.80. The molecule has 106 valence electrons. The van der Waals surface area contributed by atoms with Gasteiger partial charge >= 0.3 is 5.69 Å². The summed E-state index contributed by atoms with van der Waals surface area (Å²) in [6, 6.07) is 11.7. The van der Waals surface area contributed by atoms with E-state index in [0.29, 0.717) is 12.0 Å². The van der Waals surface area contributed by atoms with Crippen LogP contribution in [0.4, 0.5) is 5.69 Å². The lowest BCUT2D eigenvalue weighted by molar-refractivity contribution is -0.385. The molecule has 0 fully saturated rings. The van der Waals surface area contributed by atoms with Crippen molar-refractivity contribution < 1.29 is 9.66 Å². The molecule has 0 heterocycles. The molecule has 2 aromatic rings. The van der Waals surface area contributed by atoms with Crippen molar-refractivity contribution in [1.29, 1.82) is 5.26 Å². The highest BCUT2D eigenvalue weighted by molar-refractivity contribution is 9.10. The Bertz CT molecular complexity index is 738. The van der Waals surface area contributed by atoms with Crippen LogP contribution in [-0.2, 0) is 6.42 Å². The van der Waals surface area contributed by atoms with Gasteiger partial charge in [0.15, 0.2) is 0 Å². The van der Waals surface area contributed by atoms with E-state index in [1.165, 1.54) is 6.07 Å². The predicted octanol–water partition coefficient (Wildman–Crippen LogP) is 4.58. The van der Waals surface area contributed by atoms with Gasteiger partial charge in [0.05, 0.1) is 10.5 Å². The fourth-order valence-corrected chi connectivity index (χ4v) is 2.14. The first-order valence-corrected chi connectivity index (χ1v) is 6.99. The molecule has 0 atom stereocenters. The molecule has 0 aromatic heterocycles. The third-order valence-corrected chi connectivity index (χ3v) is 3.41. The average molecular weight is 347 g/mol. The van der Waals surface area contributed by atoms with Gasteiger partial charge in [0, 0.05) is 10.5 Å². The molecular formula is C15H11BrN2O3. The number of rotatable bonds is 4. The van der Waals surface area contributed by atoms with Crippen LogP contribution in [0, 0.1) is 21.4 Å². The van der Waals surface area contributed by atoms with Gasteiger partial charge in [-0.1, -0.05) is 28.9 Å². The molecule has 2 rings (SSSR count). The van der Waals surface area contributed by atoms with Gasteiger partial charge in [0.2, 0.25) is 5.75 Å². The van der Waals surface area contributed by atoms with Gasteiger partial charge in [0.1, 0.15) is 11.8 Å². The number of nitro groups is 1. The highest BCUT2D eigenvalue weighted by atomic mass is 79.9. The van der Waals surface area contributed by atoms with Crippen LogP contribution in [0.2, 0.25) is 0 Å². The van der Waals surface area contributed by atoms with E-state index in [-0.39, 0.29) is 17.2 Å². The minimum atomic E-state index is -0.488. The van der Waals surface area contributed by atoms with Crippen LogP contribution in [0.5, 0.6) is 11.5 Å². The Morgan fingerprint density at radius 3 is 2.67 bits per heavy atom. The summed E-state index contributed by atoms with van der Waals surface area (Å²) in [5, 5.41) is 20.2. The molecule has 5 nitrogen and oxygen atoms in total. The van der Waals surface area contributed by atoms with Crippen molar-refractivity contribution >= 4 is 21.6 Å². The molecule has 0 aliphatic rings. The number of ether oxygens (including phenoxy) is 1. The highest BCUT2D eigenvalue weighted by Crippen LogP contribution is 2.34. The molecule has 2 aromatic carbocycles. The number of nitro benzene ring substituents is 1. The monoisotopic (exact) mass is 346 g/mol. The van der Waals surface area contributed by atoms with Crippen LogP contribution >= 0.6 is 15.9 Å². The summed E-state index contributed by atoms with van der Waals surface area (Å²) in [7, 11) is 0. The predicted molar refractivity (Wildman–Crippen MR) is 81.4 cm³/mol. The first kappa shape index (κ1) is 15.0. The van der Waals surface area contributed by atoms with Crippen molar-refractivity contribution in [1.82, 2.24) is 0 Å². The Hall–Kier alpha value is -2.39. The van der Waals surface area contributed by atoms with E-state index >= 15 is 0 Å². The van der Waals surface area contributed by atoms with Gasteiger partial charge in [-0.2, -0.15) is 5.26 Å². The number of nitrogens with zero attached hydrogens (tertiary/aromatic N) is 2. The molecule has 0 amide bonds. The second kappa shape index (κ2) is 6.37. The van der Waals surface area contributed by atoms with E-state index in [4.69, 9.17) is 10.00 Å². The molecule has 6 heteroatoms. The number of aryl methyl sites for hydroxylation is 1. The standard InChI is InChI=1S/C15H11BrN2O3/c1-2-10-3-6-14(13(7-10)18(19)20)21-15-8-12(16)5-4-11(15)9-17/h3-8H,2H2,1H3. The minimum absolute atomic E-state index is 0.113. The zero-order valence-corrected chi connectivity index (χ0v) is 12.8. The molecular weight excluding hydrogens is 336 g/mol. The molecule has 0 N–H and O–H groups in total. The number of halogens is 1. The Balaban J connectivity index is 2.47. The Kier molecular flexibility index (Phi) is 4.55. The second-order valence-corrected chi connectivity index (χ2v) is 5.18. The van der Waals surface area contributed by atoms with Crippen molar-refractivity contribution in [2.75, 3.05) is 0 Å². The van der Waals surface area contributed by atoms with Crippen LogP contribution in [-0.4, -0.2) is 4.92 Å². The van der Waals surface area contributed by atoms with Crippen LogP contribution < -0.4 is 4.74 Å². The maximum absolute atomic E-state index is 11.2. The minimum Gasteiger partial charge on any atom is -0.449 e. The normalized spacial score (nSPS) is 9.95. The molecule has 0 unspecified atom stereocenters. The number of hydrogen-bond acceptors (Lipinski definition) is 4. The zero-order valence-electron chi connectivity index (χ0n) is 11.2. The van der Waals surface area contributed by atoms with E-state index in [9.17, 15) is 10.1 Å². The summed E-state index contributed by atoms with van der Waals surface area (Å²) < 4.78 is 6.31. The molecule has 0 spiro atoms. The van der Waals surface area contributed by atoms with Gasteiger partial charge in [-0.15, -0.1) is 0 Å². The summed E-state index contributed by atoms with van der Waals surface area (Å²) in [6.45, 7) is 1.92. The van der Waals surface area contributed by atoms with Gasteiger partial charge in [-0.05, 0) is 36.2 Å². The third kappa shape index (κ3) is 3.38. The van der Waals surface area contributed by atoms with Crippen LogP contribution in [0.3, 0.4) is 0 Å². The first-order valence-electron chi connectivity index (χ1n) is 6.20. The lowest BCUT2D eigenvalue weighted by atomic mass is 10.1. The van der Waals surface area contributed by atoms with Crippen LogP contribution in [0.25, 0.3) is 0 Å². The lowest BCUT2D eigenvalue weighted by Crippen LogP contribution is -1.96. The van der Waals surface area contributed by atoms with Gasteiger partial charge < -0.3 is 4.74 Å². The second-order valence-electron chi connectivity index (χ2n) is 4.27. The zero-order chi connectivity index (χ0) is 15.4. The van der Waals surface area contributed by atoms with E-state index in [0.717, 1.165) is 10.0 Å². The molecule has 0 saturated heterocycles. The van der Waals surface area contributed by atoms with Crippen molar-refractivity contribution in [2.45, 2.75) is 13.3 Å². The summed E-state index contributed by atoms with van der Waals surface area (Å²) in [5.41, 5.74) is 1.05. The van der Waals surface area contributed by atoms with Crippen molar-refractivity contribution in [3.05, 3.63) is 62.1 Å². The molecule has 0 aliphatic carbocycles. The third-order valence-electron chi connectivity index (χ3n) is 2.91. The Morgan fingerprint density at radius 2 is 2.05 bits per heavy atom. The summed E-state index contributed by atoms with van der Waals surface area (Å²) >= 11 is 3.29. The molecule has 0 saturated carbocycles. The maximum Gasteiger partial charge on any atom is 0.311 e. The largest absolute Gasteiger partial charge is 0.449 e. The SMILES string of the molecule is CCc1ccc(Oc2cc(Br)ccc2C#N)c([N+](=O)[O-])c1. The summed E-state index contributed by atoms with van der Waals surface area (Å²) in [6.07, 6.45) is 0.696. The van der Waals surface area contributed by atoms with E-state index in [1.54, 1.807) is 30.3 Å². The molecule has 21 heavy (non-hydrogen) atoms.